The van der Waals surface area contributed by atoms with Gasteiger partial charge in [-0.2, -0.15) is 0 Å². The first-order valence-corrected chi connectivity index (χ1v) is 13.0. The van der Waals surface area contributed by atoms with Gasteiger partial charge in [0.05, 0.1) is 10.1 Å². The van der Waals surface area contributed by atoms with E-state index >= 15 is 0 Å². The number of hydrogen-bond acceptors (Lipinski definition) is 6. The zero-order chi connectivity index (χ0) is 22.7. The highest BCUT2D eigenvalue weighted by Crippen LogP contribution is 2.28. The van der Waals surface area contributed by atoms with Crippen molar-refractivity contribution in [2.75, 3.05) is 31.9 Å². The van der Waals surface area contributed by atoms with Gasteiger partial charge in [0.25, 0.3) is 0 Å². The predicted molar refractivity (Wildman–Crippen MR) is 125 cm³/mol. The normalized spacial score (nSPS) is 19.2. The summed E-state index contributed by atoms with van der Waals surface area (Å²) in [5.41, 5.74) is 6.89. The first-order valence-electron chi connectivity index (χ1n) is 11.0. The number of nitrogen functional groups attached to an aromatic ring is 1. The van der Waals surface area contributed by atoms with Gasteiger partial charge in [-0.05, 0) is 80.7 Å². The van der Waals surface area contributed by atoms with E-state index in [-0.39, 0.29) is 11.8 Å². The lowest BCUT2D eigenvalue weighted by Crippen LogP contribution is -2.47. The van der Waals surface area contributed by atoms with E-state index in [9.17, 15) is 13.2 Å². The molecule has 0 saturated carbocycles. The van der Waals surface area contributed by atoms with E-state index in [2.05, 4.69) is 9.88 Å². The van der Waals surface area contributed by atoms with Gasteiger partial charge >= 0.3 is 0 Å². The smallest absolute Gasteiger partial charge is 0.225 e. The van der Waals surface area contributed by atoms with E-state index in [1.807, 2.05) is 17.0 Å². The van der Waals surface area contributed by atoms with Crippen LogP contribution in [-0.2, 0) is 21.2 Å². The number of carbonyl (C=O) groups excluding carboxylic acids is 1. The Balaban J connectivity index is 1.27. The van der Waals surface area contributed by atoms with Crippen LogP contribution in [0.25, 0.3) is 0 Å². The fraction of sp³-hybridized carbons (Fsp3) is 0.478. The molecule has 2 aliphatic heterocycles. The number of likely N-dealkylation sites (tertiary alicyclic amines) is 2. The van der Waals surface area contributed by atoms with Gasteiger partial charge in [0, 0.05) is 36.8 Å². The highest BCUT2D eigenvalue weighted by molar-refractivity contribution is 7.92. The molecule has 1 aromatic carbocycles. The van der Waals surface area contributed by atoms with Crippen molar-refractivity contribution in [3.05, 3.63) is 53.2 Å². The number of aromatic nitrogens is 1. The molecule has 172 valence electrons. The standard InChI is InChI=1S/C23H29ClN4O3S/c24-19-1-3-20(4-2-19)32(30,31)21-8-13-28(14-9-21)23(29)18-6-11-27(12-7-18)16-17-5-10-26-22(25)15-17/h1-5,10,15,18,21H,6-9,11-14,16H2,(H2,25,26). The summed E-state index contributed by atoms with van der Waals surface area (Å²) >= 11 is 5.88. The van der Waals surface area contributed by atoms with E-state index in [0.717, 1.165) is 38.0 Å². The molecule has 0 atom stereocenters. The van der Waals surface area contributed by atoms with Crippen LogP contribution in [0.4, 0.5) is 5.82 Å². The minimum Gasteiger partial charge on any atom is -0.384 e. The summed E-state index contributed by atoms with van der Waals surface area (Å²) in [7, 11) is -3.41. The van der Waals surface area contributed by atoms with E-state index in [4.69, 9.17) is 17.3 Å². The number of sulfone groups is 1. The summed E-state index contributed by atoms with van der Waals surface area (Å²) in [6, 6.07) is 10.2. The zero-order valence-electron chi connectivity index (χ0n) is 18.0. The highest BCUT2D eigenvalue weighted by atomic mass is 35.5. The fourth-order valence-corrected chi connectivity index (χ4v) is 6.51. The quantitative estimate of drug-likeness (QED) is 0.712. The molecular formula is C23H29ClN4O3S. The van der Waals surface area contributed by atoms with Crippen LogP contribution in [0.2, 0.25) is 5.02 Å². The minimum atomic E-state index is -3.41. The minimum absolute atomic E-state index is 0.0122. The summed E-state index contributed by atoms with van der Waals surface area (Å²) in [5, 5.41) is 0.0580. The summed E-state index contributed by atoms with van der Waals surface area (Å²) in [6.45, 7) is 3.52. The molecule has 0 spiro atoms. The molecule has 4 rings (SSSR count). The monoisotopic (exact) mass is 476 g/mol. The van der Waals surface area contributed by atoms with Crippen LogP contribution in [0.15, 0.2) is 47.5 Å². The molecule has 32 heavy (non-hydrogen) atoms. The third-order valence-corrected chi connectivity index (χ3v) is 9.05. The molecule has 1 amide bonds. The van der Waals surface area contributed by atoms with Crippen LogP contribution in [0.5, 0.6) is 0 Å². The molecule has 2 saturated heterocycles. The molecule has 2 N–H and O–H groups in total. The van der Waals surface area contributed by atoms with Gasteiger partial charge in [-0.3, -0.25) is 9.69 Å². The van der Waals surface area contributed by atoms with Crippen molar-refractivity contribution >= 4 is 33.2 Å². The molecular weight excluding hydrogens is 448 g/mol. The Morgan fingerprint density at radius 3 is 2.31 bits per heavy atom. The Morgan fingerprint density at radius 2 is 1.69 bits per heavy atom. The molecule has 0 bridgehead atoms. The predicted octanol–water partition coefficient (Wildman–Crippen LogP) is 2.99. The number of halogens is 1. The number of rotatable bonds is 5. The number of amides is 1. The maximum absolute atomic E-state index is 13.0. The average Bonchev–Trinajstić information content (AvgIpc) is 2.79. The van der Waals surface area contributed by atoms with Crippen molar-refractivity contribution in [2.24, 2.45) is 5.92 Å². The second-order valence-electron chi connectivity index (χ2n) is 8.66. The Morgan fingerprint density at radius 1 is 1.03 bits per heavy atom. The van der Waals surface area contributed by atoms with Gasteiger partial charge in [0.15, 0.2) is 9.84 Å². The van der Waals surface area contributed by atoms with Gasteiger partial charge in [-0.25, -0.2) is 13.4 Å². The number of anilines is 1. The lowest BCUT2D eigenvalue weighted by atomic mass is 9.94. The summed E-state index contributed by atoms with van der Waals surface area (Å²) < 4.78 is 25.8. The summed E-state index contributed by atoms with van der Waals surface area (Å²) in [5.74, 6) is 0.701. The Hall–Kier alpha value is -2.16. The van der Waals surface area contributed by atoms with Gasteiger partial charge in [0.1, 0.15) is 5.82 Å². The van der Waals surface area contributed by atoms with E-state index < -0.39 is 15.1 Å². The molecule has 3 heterocycles. The number of nitrogens with two attached hydrogens (primary N) is 1. The molecule has 0 unspecified atom stereocenters. The Labute approximate surface area is 194 Å². The number of nitrogens with zero attached hydrogens (tertiary/aromatic N) is 3. The second-order valence-corrected chi connectivity index (χ2v) is 11.3. The van der Waals surface area contributed by atoms with Crippen molar-refractivity contribution in [3.63, 3.8) is 0 Å². The lowest BCUT2D eigenvalue weighted by Gasteiger charge is -2.37. The van der Waals surface area contributed by atoms with Crippen LogP contribution in [0.1, 0.15) is 31.2 Å². The van der Waals surface area contributed by atoms with Crippen LogP contribution in [0, 0.1) is 5.92 Å². The van der Waals surface area contributed by atoms with E-state index in [1.54, 1.807) is 30.5 Å². The largest absolute Gasteiger partial charge is 0.384 e. The molecule has 0 aliphatic carbocycles. The van der Waals surface area contributed by atoms with Crippen molar-refractivity contribution in [2.45, 2.75) is 42.4 Å². The van der Waals surface area contributed by atoms with Crippen LogP contribution in [-0.4, -0.2) is 60.5 Å². The first kappa shape index (κ1) is 23.0. The van der Waals surface area contributed by atoms with Crippen molar-refractivity contribution in [3.8, 4) is 0 Å². The van der Waals surface area contributed by atoms with Gasteiger partial charge in [0.2, 0.25) is 5.91 Å². The van der Waals surface area contributed by atoms with Crippen molar-refractivity contribution in [1.29, 1.82) is 0 Å². The molecule has 7 nitrogen and oxygen atoms in total. The fourth-order valence-electron chi connectivity index (χ4n) is 4.65. The number of benzene rings is 1. The van der Waals surface area contributed by atoms with E-state index in [1.165, 1.54) is 0 Å². The lowest BCUT2D eigenvalue weighted by molar-refractivity contribution is -0.138. The van der Waals surface area contributed by atoms with E-state index in [0.29, 0.717) is 41.7 Å². The van der Waals surface area contributed by atoms with Gasteiger partial charge < -0.3 is 10.6 Å². The average molecular weight is 477 g/mol. The summed E-state index contributed by atoms with van der Waals surface area (Å²) in [4.78, 5) is 21.6. The second kappa shape index (κ2) is 9.77. The molecule has 2 fully saturated rings. The molecule has 1 aromatic heterocycles. The SMILES string of the molecule is Nc1cc(CN2CCC(C(=O)N3CCC(S(=O)(=O)c4ccc(Cl)cc4)CC3)CC2)ccn1. The van der Waals surface area contributed by atoms with Crippen LogP contribution < -0.4 is 5.73 Å². The van der Waals surface area contributed by atoms with Crippen LogP contribution in [0.3, 0.4) is 0 Å². The molecule has 9 heteroatoms. The van der Waals surface area contributed by atoms with Gasteiger partial charge in [-0.15, -0.1) is 0 Å². The Kier molecular flexibility index (Phi) is 7.02. The number of carbonyl (C=O) groups is 1. The van der Waals surface area contributed by atoms with Crippen LogP contribution >= 0.6 is 11.6 Å². The molecule has 2 aliphatic rings. The topological polar surface area (TPSA) is 96.6 Å². The third-order valence-electron chi connectivity index (χ3n) is 6.52. The molecule has 2 aromatic rings. The van der Waals surface area contributed by atoms with Gasteiger partial charge in [-0.1, -0.05) is 11.6 Å². The maximum Gasteiger partial charge on any atom is 0.225 e. The number of pyridine rings is 1. The highest BCUT2D eigenvalue weighted by Gasteiger charge is 2.35. The zero-order valence-corrected chi connectivity index (χ0v) is 19.6. The van der Waals surface area contributed by atoms with Crippen molar-refractivity contribution in [1.82, 2.24) is 14.8 Å². The number of hydrogen-bond donors (Lipinski definition) is 1. The molecule has 0 radical (unpaired) electrons. The third kappa shape index (κ3) is 5.24. The maximum atomic E-state index is 13.0. The Bertz CT molecular complexity index is 1050. The number of piperidine rings is 2. The summed E-state index contributed by atoms with van der Waals surface area (Å²) in [6.07, 6.45) is 4.31. The first-order chi connectivity index (χ1) is 15.3. The van der Waals surface area contributed by atoms with Crippen molar-refractivity contribution < 1.29 is 13.2 Å².